The number of hydrogen-bond donors (Lipinski definition) is 3. The van der Waals surface area contributed by atoms with Crippen molar-refractivity contribution in [3.8, 4) is 0 Å². The van der Waals surface area contributed by atoms with Crippen LogP contribution in [0.3, 0.4) is 0 Å². The first-order chi connectivity index (χ1) is 18.2. The number of ether oxygens (including phenoxy) is 2. The Hall–Kier alpha value is -2.53. The van der Waals surface area contributed by atoms with Crippen molar-refractivity contribution in [2.75, 3.05) is 46.9 Å². The smallest absolute Gasteiger partial charge is 0.406 e. The van der Waals surface area contributed by atoms with E-state index in [1.165, 1.54) is 19.2 Å². The molecule has 1 aromatic carbocycles. The quantitative estimate of drug-likeness (QED) is 0.359. The van der Waals surface area contributed by atoms with Crippen molar-refractivity contribution < 1.29 is 32.2 Å². The fourth-order valence-corrected chi connectivity index (χ4v) is 5.48. The average molecular weight is 543 g/mol. The van der Waals surface area contributed by atoms with Crippen LogP contribution in [-0.2, 0) is 9.47 Å². The first-order valence-electron chi connectivity index (χ1n) is 13.5. The third-order valence-electron chi connectivity index (χ3n) is 7.44. The predicted molar refractivity (Wildman–Crippen MR) is 138 cm³/mol. The summed E-state index contributed by atoms with van der Waals surface area (Å²) < 4.78 is 51.9. The lowest BCUT2D eigenvalue weighted by Crippen LogP contribution is -2.52. The van der Waals surface area contributed by atoms with Gasteiger partial charge in [0, 0.05) is 51.0 Å². The molecule has 3 N–H and O–H groups in total. The van der Waals surface area contributed by atoms with Crippen molar-refractivity contribution in [1.29, 1.82) is 0 Å². The number of piperidine rings is 1. The Morgan fingerprint density at radius 3 is 2.66 bits per heavy atom. The van der Waals surface area contributed by atoms with Crippen LogP contribution in [0, 0.1) is 17.7 Å². The van der Waals surface area contributed by atoms with E-state index in [9.17, 15) is 22.8 Å². The second kappa shape index (κ2) is 14.6. The van der Waals surface area contributed by atoms with E-state index >= 15 is 0 Å². The lowest BCUT2D eigenvalue weighted by Gasteiger charge is -2.38. The van der Waals surface area contributed by atoms with Gasteiger partial charge in [0.25, 0.3) is 0 Å². The first-order valence-corrected chi connectivity index (χ1v) is 13.5. The number of nitrogens with one attached hydrogen (secondary N) is 3. The molecule has 1 aliphatic heterocycles. The standard InChI is InChI=1S/C27H41F3N4O4/c1-31-17-23(15-19-8-10-27(29,30)11-9-19)33-25(35)34-13-4-6-21(18-34)24(20-5-3-7-22(28)16-20)38-14-12-32-26(36)37-2/h3,5,7,16,19,21,23-24,31H,4,6,8-15,17-18H2,1-2H3,(H,32,36)(H,33,35)/t21-,23+,24?/m1/s1. The van der Waals surface area contributed by atoms with Crippen LogP contribution < -0.4 is 16.0 Å². The first kappa shape index (κ1) is 30.0. The topological polar surface area (TPSA) is 91.9 Å². The van der Waals surface area contributed by atoms with Gasteiger partial charge in [-0.1, -0.05) is 12.1 Å². The van der Waals surface area contributed by atoms with Crippen LogP contribution in [0.4, 0.5) is 22.8 Å². The van der Waals surface area contributed by atoms with Crippen molar-refractivity contribution in [1.82, 2.24) is 20.9 Å². The fourth-order valence-electron chi connectivity index (χ4n) is 5.48. The highest BCUT2D eigenvalue weighted by Gasteiger charge is 2.36. The number of halogens is 3. The molecule has 1 aliphatic carbocycles. The summed E-state index contributed by atoms with van der Waals surface area (Å²) in [7, 11) is 3.09. The van der Waals surface area contributed by atoms with Crippen LogP contribution >= 0.6 is 0 Å². The number of nitrogens with zero attached hydrogens (tertiary/aromatic N) is 1. The number of carbonyl (C=O) groups excluding carboxylic acids is 2. The van der Waals surface area contributed by atoms with Gasteiger partial charge in [0.1, 0.15) is 5.82 Å². The molecule has 11 heteroatoms. The summed E-state index contributed by atoms with van der Waals surface area (Å²) in [5.74, 6) is -2.86. The molecular weight excluding hydrogens is 501 g/mol. The molecule has 1 saturated carbocycles. The minimum absolute atomic E-state index is 0.0715. The average Bonchev–Trinajstić information content (AvgIpc) is 2.90. The Kier molecular flexibility index (Phi) is 11.5. The summed E-state index contributed by atoms with van der Waals surface area (Å²) in [5.41, 5.74) is 0.678. The van der Waals surface area contributed by atoms with E-state index in [1.807, 2.05) is 0 Å². The largest absolute Gasteiger partial charge is 0.453 e. The van der Waals surface area contributed by atoms with Crippen molar-refractivity contribution in [3.05, 3.63) is 35.6 Å². The second-order valence-corrected chi connectivity index (χ2v) is 10.4. The van der Waals surface area contributed by atoms with Gasteiger partial charge in [-0.2, -0.15) is 0 Å². The van der Waals surface area contributed by atoms with E-state index in [1.54, 1.807) is 24.1 Å². The number of likely N-dealkylation sites (tertiary alicyclic amines) is 1. The lowest BCUT2D eigenvalue weighted by atomic mass is 9.83. The maximum absolute atomic E-state index is 14.0. The number of alkyl carbamates (subject to hydrolysis) is 1. The second-order valence-electron chi connectivity index (χ2n) is 10.4. The molecule has 0 radical (unpaired) electrons. The van der Waals surface area contributed by atoms with Crippen LogP contribution in [-0.4, -0.2) is 75.9 Å². The van der Waals surface area contributed by atoms with E-state index < -0.39 is 18.1 Å². The SMILES string of the molecule is CNC[C@H](CC1CCC(F)(F)CC1)NC(=O)N1CCC[C@@H](C(OCCNC(=O)OC)c2cccc(F)c2)C1. The number of alkyl halides is 2. The molecule has 3 atom stereocenters. The van der Waals surface area contributed by atoms with Crippen molar-refractivity contribution >= 4 is 12.1 Å². The normalized spacial score (nSPS) is 21.4. The molecule has 1 unspecified atom stereocenters. The van der Waals surface area contributed by atoms with Crippen LogP contribution in [0.25, 0.3) is 0 Å². The third-order valence-corrected chi connectivity index (χ3v) is 7.44. The summed E-state index contributed by atoms with van der Waals surface area (Å²) in [5, 5.41) is 8.78. The number of hydrogen-bond acceptors (Lipinski definition) is 5. The van der Waals surface area contributed by atoms with Gasteiger partial charge in [-0.25, -0.2) is 22.8 Å². The lowest BCUT2D eigenvalue weighted by molar-refractivity contribution is -0.0473. The van der Waals surface area contributed by atoms with E-state index in [-0.39, 0.29) is 55.7 Å². The summed E-state index contributed by atoms with van der Waals surface area (Å²) in [6, 6.07) is 5.89. The van der Waals surface area contributed by atoms with E-state index in [4.69, 9.17) is 4.74 Å². The Balaban J connectivity index is 1.61. The fraction of sp³-hybridized carbons (Fsp3) is 0.704. The van der Waals surface area contributed by atoms with Gasteiger partial charge in [-0.3, -0.25) is 0 Å². The number of methoxy groups -OCH3 is 1. The predicted octanol–water partition coefficient (Wildman–Crippen LogP) is 4.46. The molecule has 0 aromatic heterocycles. The molecule has 1 heterocycles. The van der Waals surface area contributed by atoms with Crippen LogP contribution in [0.2, 0.25) is 0 Å². The van der Waals surface area contributed by atoms with Crippen LogP contribution in [0.1, 0.15) is 56.6 Å². The molecule has 8 nitrogen and oxygen atoms in total. The number of likely N-dealkylation sites (N-methyl/N-ethyl adjacent to an activating group) is 1. The highest BCUT2D eigenvalue weighted by molar-refractivity contribution is 5.74. The van der Waals surface area contributed by atoms with E-state index in [0.717, 1.165) is 12.8 Å². The molecule has 214 valence electrons. The zero-order chi connectivity index (χ0) is 27.5. The van der Waals surface area contributed by atoms with Gasteiger partial charge in [0.2, 0.25) is 5.92 Å². The van der Waals surface area contributed by atoms with E-state index in [0.29, 0.717) is 44.5 Å². The number of benzene rings is 1. The summed E-state index contributed by atoms with van der Waals surface area (Å²) in [6.07, 6.45) is 1.94. The number of rotatable bonds is 11. The molecule has 2 aliphatic rings. The number of urea groups is 1. The van der Waals surface area contributed by atoms with Crippen LogP contribution in [0.5, 0.6) is 0 Å². The van der Waals surface area contributed by atoms with Crippen molar-refractivity contribution in [2.45, 2.75) is 63.0 Å². The highest BCUT2D eigenvalue weighted by atomic mass is 19.3. The maximum atomic E-state index is 14.0. The Bertz CT molecular complexity index is 897. The zero-order valence-corrected chi connectivity index (χ0v) is 22.3. The Morgan fingerprint density at radius 2 is 1.97 bits per heavy atom. The molecule has 3 amide bonds. The van der Waals surface area contributed by atoms with Crippen LogP contribution in [0.15, 0.2) is 24.3 Å². The summed E-state index contributed by atoms with van der Waals surface area (Å²) >= 11 is 0. The maximum Gasteiger partial charge on any atom is 0.406 e. The molecule has 3 rings (SSSR count). The van der Waals surface area contributed by atoms with Gasteiger partial charge in [-0.05, 0) is 62.8 Å². The highest BCUT2D eigenvalue weighted by Crippen LogP contribution is 2.38. The molecule has 0 spiro atoms. The molecule has 1 saturated heterocycles. The van der Waals surface area contributed by atoms with Gasteiger partial charge < -0.3 is 30.3 Å². The molecular formula is C27H41F3N4O4. The summed E-state index contributed by atoms with van der Waals surface area (Å²) in [4.78, 5) is 26.4. The van der Waals surface area contributed by atoms with Gasteiger partial charge >= 0.3 is 12.1 Å². The number of carbonyl (C=O) groups is 2. The van der Waals surface area contributed by atoms with Crippen molar-refractivity contribution in [2.24, 2.45) is 11.8 Å². The summed E-state index contributed by atoms with van der Waals surface area (Å²) in [6.45, 7) is 2.00. The minimum atomic E-state index is -2.57. The van der Waals surface area contributed by atoms with Gasteiger partial charge in [0.05, 0.1) is 19.8 Å². The van der Waals surface area contributed by atoms with Crippen molar-refractivity contribution in [3.63, 3.8) is 0 Å². The molecule has 38 heavy (non-hydrogen) atoms. The monoisotopic (exact) mass is 542 g/mol. The Morgan fingerprint density at radius 1 is 1.21 bits per heavy atom. The Labute approximate surface area is 223 Å². The minimum Gasteiger partial charge on any atom is -0.453 e. The molecule has 2 fully saturated rings. The van der Waals surface area contributed by atoms with Gasteiger partial charge in [0.15, 0.2) is 0 Å². The molecule has 0 bridgehead atoms. The van der Waals surface area contributed by atoms with E-state index in [2.05, 4.69) is 20.7 Å². The number of amides is 3. The third kappa shape index (κ3) is 9.34. The van der Waals surface area contributed by atoms with Gasteiger partial charge in [-0.15, -0.1) is 0 Å². The molecule has 1 aromatic rings. The zero-order valence-electron chi connectivity index (χ0n) is 22.3.